The maximum atomic E-state index is 14.4. The van der Waals surface area contributed by atoms with Gasteiger partial charge >= 0.3 is 0 Å². The van der Waals surface area contributed by atoms with E-state index in [1.165, 1.54) is 6.07 Å². The Morgan fingerprint density at radius 2 is 1.85 bits per heavy atom. The van der Waals surface area contributed by atoms with Crippen molar-refractivity contribution in [2.24, 2.45) is 0 Å². The Kier molecular flexibility index (Phi) is 5.73. The second-order valence-electron chi connectivity index (χ2n) is 8.83. The number of carbonyl (C=O) groups excluding carboxylic acids is 1. The van der Waals surface area contributed by atoms with Gasteiger partial charge in [0, 0.05) is 38.3 Å². The number of hydrogen-bond donors (Lipinski definition) is 1. The normalized spacial score (nSPS) is 16.3. The van der Waals surface area contributed by atoms with E-state index in [0.717, 1.165) is 34.4 Å². The molecule has 0 saturated carbocycles. The number of pyridine rings is 1. The molecule has 0 spiro atoms. The van der Waals surface area contributed by atoms with Gasteiger partial charge < -0.3 is 14.6 Å². The molecule has 33 heavy (non-hydrogen) atoms. The summed E-state index contributed by atoms with van der Waals surface area (Å²) in [4.78, 5) is 15.9. The lowest BCUT2D eigenvalue weighted by Crippen LogP contribution is -2.51. The van der Waals surface area contributed by atoms with Crippen molar-refractivity contribution in [2.45, 2.75) is 26.3 Å². The van der Waals surface area contributed by atoms with Gasteiger partial charge in [-0.25, -0.2) is 4.39 Å². The van der Waals surface area contributed by atoms with Gasteiger partial charge in [0.15, 0.2) is 0 Å². The molecular formula is C28H28FN3O. The van der Waals surface area contributed by atoms with Crippen molar-refractivity contribution < 1.29 is 9.18 Å². The van der Waals surface area contributed by atoms with Crippen LogP contribution in [0.2, 0.25) is 0 Å². The molecule has 0 unspecified atom stereocenters. The Balaban J connectivity index is 1.75. The van der Waals surface area contributed by atoms with Gasteiger partial charge in [0.2, 0.25) is 0 Å². The molecule has 0 aliphatic carbocycles. The predicted molar refractivity (Wildman–Crippen MR) is 130 cm³/mol. The molecule has 1 N–H and O–H groups in total. The van der Waals surface area contributed by atoms with Crippen molar-refractivity contribution >= 4 is 11.4 Å². The highest BCUT2D eigenvalue weighted by atomic mass is 19.1. The van der Waals surface area contributed by atoms with Crippen LogP contribution >= 0.6 is 0 Å². The lowest BCUT2D eigenvalue weighted by Gasteiger charge is -2.32. The minimum Gasteiger partial charge on any atom is -0.336 e. The number of fused-ring (bicyclic) bond motifs is 1. The number of nitrogens with one attached hydrogen (secondary N) is 1. The topological polar surface area (TPSA) is 36.8 Å². The maximum absolute atomic E-state index is 14.4. The highest BCUT2D eigenvalue weighted by molar-refractivity contribution is 6.05. The number of aromatic nitrogens is 1. The number of halogens is 1. The summed E-state index contributed by atoms with van der Waals surface area (Å²) in [6, 6.07) is 21.5. The molecule has 0 radical (unpaired) electrons. The van der Waals surface area contributed by atoms with Crippen molar-refractivity contribution in [3.8, 4) is 11.3 Å². The predicted octanol–water partition coefficient (Wildman–Crippen LogP) is 5.08. The van der Waals surface area contributed by atoms with Gasteiger partial charge in [-0.1, -0.05) is 48.5 Å². The third-order valence-electron chi connectivity index (χ3n) is 6.61. The second kappa shape index (κ2) is 8.83. The smallest absolute Gasteiger partial charge is 0.256 e. The first-order valence-electron chi connectivity index (χ1n) is 11.5. The molecule has 5 rings (SSSR count). The fourth-order valence-electron chi connectivity index (χ4n) is 4.89. The molecule has 168 valence electrons. The highest BCUT2D eigenvalue weighted by Gasteiger charge is 2.29. The van der Waals surface area contributed by atoms with Gasteiger partial charge in [0.05, 0.1) is 16.8 Å². The van der Waals surface area contributed by atoms with E-state index in [4.69, 9.17) is 0 Å². The second-order valence-corrected chi connectivity index (χ2v) is 8.83. The standard InChI is InChI=1S/C28H28FN3O/c1-19-18-31(16-14-30-19)28(33)26-23(17-22-11-8-12-24(29)20(22)2)27(21-9-4-3-5-10-21)32-15-7-6-13-25(26)32/h3-13,15,19,30H,14,16-18H2,1-2H3/t19-/m0/s1. The van der Waals surface area contributed by atoms with E-state index in [-0.39, 0.29) is 17.8 Å². The van der Waals surface area contributed by atoms with E-state index in [9.17, 15) is 9.18 Å². The van der Waals surface area contributed by atoms with E-state index in [1.54, 1.807) is 6.07 Å². The van der Waals surface area contributed by atoms with Gasteiger partial charge in [-0.15, -0.1) is 0 Å². The average molecular weight is 442 g/mol. The maximum Gasteiger partial charge on any atom is 0.256 e. The number of nitrogens with zero attached hydrogens (tertiary/aromatic N) is 2. The zero-order chi connectivity index (χ0) is 22.9. The van der Waals surface area contributed by atoms with Crippen LogP contribution in [0.15, 0.2) is 72.9 Å². The largest absolute Gasteiger partial charge is 0.336 e. The van der Waals surface area contributed by atoms with E-state index in [1.807, 2.05) is 60.5 Å². The first-order chi connectivity index (χ1) is 16.0. The summed E-state index contributed by atoms with van der Waals surface area (Å²) in [7, 11) is 0. The highest BCUT2D eigenvalue weighted by Crippen LogP contribution is 2.35. The SMILES string of the molecule is Cc1c(F)cccc1Cc1c(C(=O)N2CCN[C@@H](C)C2)c2ccccn2c1-c1ccccc1. The Morgan fingerprint density at radius 3 is 2.64 bits per heavy atom. The Morgan fingerprint density at radius 1 is 1.06 bits per heavy atom. The molecule has 2 aromatic carbocycles. The number of benzene rings is 2. The molecule has 1 aliphatic heterocycles. The van der Waals surface area contributed by atoms with Gasteiger partial charge in [-0.05, 0) is 54.3 Å². The van der Waals surface area contributed by atoms with Crippen LogP contribution in [0.25, 0.3) is 16.8 Å². The van der Waals surface area contributed by atoms with Gasteiger partial charge in [0.25, 0.3) is 5.91 Å². The van der Waals surface area contributed by atoms with E-state index < -0.39 is 0 Å². The lowest BCUT2D eigenvalue weighted by atomic mass is 9.94. The summed E-state index contributed by atoms with van der Waals surface area (Å²) in [5.41, 5.74) is 6.09. The lowest BCUT2D eigenvalue weighted by molar-refractivity contribution is 0.0710. The fraction of sp³-hybridized carbons (Fsp3) is 0.250. The summed E-state index contributed by atoms with van der Waals surface area (Å²) < 4.78 is 16.5. The van der Waals surface area contributed by atoms with E-state index in [2.05, 4.69) is 28.8 Å². The molecule has 1 atom stereocenters. The molecule has 1 fully saturated rings. The third kappa shape index (κ3) is 3.93. The molecule has 1 saturated heterocycles. The molecule has 4 nitrogen and oxygen atoms in total. The quantitative estimate of drug-likeness (QED) is 0.480. The molecule has 5 heteroatoms. The number of carbonyl (C=O) groups is 1. The summed E-state index contributed by atoms with van der Waals surface area (Å²) in [5.74, 6) is -0.181. The fourth-order valence-corrected chi connectivity index (χ4v) is 4.89. The molecular weight excluding hydrogens is 413 g/mol. The van der Waals surface area contributed by atoms with E-state index >= 15 is 0 Å². The molecule has 3 heterocycles. The van der Waals surface area contributed by atoms with Crippen molar-refractivity contribution in [2.75, 3.05) is 19.6 Å². The number of piperazine rings is 1. The zero-order valence-corrected chi connectivity index (χ0v) is 19.0. The van der Waals surface area contributed by atoms with Crippen LogP contribution in [-0.2, 0) is 6.42 Å². The minimum atomic E-state index is -0.221. The monoisotopic (exact) mass is 441 g/mol. The summed E-state index contributed by atoms with van der Waals surface area (Å²) in [5, 5.41) is 3.41. The van der Waals surface area contributed by atoms with Crippen LogP contribution in [0, 0.1) is 12.7 Å². The third-order valence-corrected chi connectivity index (χ3v) is 6.61. The van der Waals surface area contributed by atoms with Crippen LogP contribution in [-0.4, -0.2) is 40.9 Å². The number of hydrogen-bond acceptors (Lipinski definition) is 2. The molecule has 1 amide bonds. The van der Waals surface area contributed by atoms with E-state index in [0.29, 0.717) is 30.6 Å². The summed E-state index contributed by atoms with van der Waals surface area (Å²) >= 11 is 0. The van der Waals surface area contributed by atoms with Crippen molar-refractivity contribution in [3.63, 3.8) is 0 Å². The molecule has 2 aromatic heterocycles. The van der Waals surface area contributed by atoms with Crippen LogP contribution < -0.4 is 5.32 Å². The molecule has 4 aromatic rings. The van der Waals surface area contributed by atoms with Gasteiger partial charge in [-0.2, -0.15) is 0 Å². The van der Waals surface area contributed by atoms with Crippen molar-refractivity contribution in [3.05, 3.63) is 101 Å². The summed E-state index contributed by atoms with van der Waals surface area (Å²) in [6.45, 7) is 6.03. The Bertz CT molecular complexity index is 1310. The summed E-state index contributed by atoms with van der Waals surface area (Å²) in [6.07, 6.45) is 2.50. The first kappa shape index (κ1) is 21.4. The van der Waals surface area contributed by atoms with Crippen molar-refractivity contribution in [1.29, 1.82) is 0 Å². The first-order valence-corrected chi connectivity index (χ1v) is 11.5. The molecule has 0 bridgehead atoms. The van der Waals surface area contributed by atoms with Gasteiger partial charge in [-0.3, -0.25) is 4.79 Å². The Hall–Kier alpha value is -3.44. The number of amides is 1. The van der Waals surface area contributed by atoms with Crippen LogP contribution in [0.5, 0.6) is 0 Å². The number of rotatable bonds is 4. The zero-order valence-electron chi connectivity index (χ0n) is 19.0. The molecule has 1 aliphatic rings. The van der Waals surface area contributed by atoms with Gasteiger partial charge in [0.1, 0.15) is 5.82 Å². The Labute approximate surface area is 193 Å². The van der Waals surface area contributed by atoms with Crippen LogP contribution in [0.3, 0.4) is 0 Å². The average Bonchev–Trinajstić information content (AvgIpc) is 3.15. The van der Waals surface area contributed by atoms with Crippen LogP contribution in [0.1, 0.15) is 34.0 Å². The van der Waals surface area contributed by atoms with Crippen molar-refractivity contribution in [1.82, 2.24) is 14.6 Å². The minimum absolute atomic E-state index is 0.0401. The van der Waals surface area contributed by atoms with Crippen LogP contribution in [0.4, 0.5) is 4.39 Å².